The summed E-state index contributed by atoms with van der Waals surface area (Å²) in [5, 5.41) is 3.66. The Labute approximate surface area is 83.3 Å². The van der Waals surface area contributed by atoms with Crippen molar-refractivity contribution in [2.45, 2.75) is 59.4 Å². The van der Waals surface area contributed by atoms with Crippen molar-refractivity contribution in [3.8, 4) is 0 Å². The van der Waals surface area contributed by atoms with Crippen LogP contribution in [0, 0.1) is 11.3 Å². The summed E-state index contributed by atoms with van der Waals surface area (Å²) in [6.45, 7) is 10.4. The highest BCUT2D eigenvalue weighted by Gasteiger charge is 2.21. The molecule has 0 radical (unpaired) electrons. The molecule has 1 fully saturated rings. The summed E-state index contributed by atoms with van der Waals surface area (Å²) in [6.07, 6.45) is 5.81. The van der Waals surface area contributed by atoms with E-state index in [-0.39, 0.29) is 0 Å². The smallest absolute Gasteiger partial charge is 0.00873 e. The first kappa shape index (κ1) is 11.0. The van der Waals surface area contributed by atoms with E-state index >= 15 is 0 Å². The first-order valence-electron chi connectivity index (χ1n) is 5.73. The SMILES string of the molecule is CC(NCC1CCCC1)C(C)(C)C. The lowest BCUT2D eigenvalue weighted by atomic mass is 9.88. The molecule has 0 amide bonds. The van der Waals surface area contributed by atoms with Gasteiger partial charge in [-0.2, -0.15) is 0 Å². The lowest BCUT2D eigenvalue weighted by molar-refractivity contribution is 0.273. The Hall–Kier alpha value is -0.0400. The van der Waals surface area contributed by atoms with E-state index in [0.717, 1.165) is 5.92 Å². The average Bonchev–Trinajstić information content (AvgIpc) is 2.50. The minimum Gasteiger partial charge on any atom is -0.313 e. The summed E-state index contributed by atoms with van der Waals surface area (Å²) in [4.78, 5) is 0. The van der Waals surface area contributed by atoms with E-state index in [1.165, 1.54) is 32.2 Å². The molecule has 1 aliphatic rings. The van der Waals surface area contributed by atoms with Crippen LogP contribution in [-0.2, 0) is 0 Å². The van der Waals surface area contributed by atoms with E-state index < -0.39 is 0 Å². The number of nitrogens with one attached hydrogen (secondary N) is 1. The summed E-state index contributed by atoms with van der Waals surface area (Å²) in [7, 11) is 0. The second-order valence-corrected chi connectivity index (χ2v) is 5.65. The summed E-state index contributed by atoms with van der Waals surface area (Å²) in [5.74, 6) is 0.963. The number of rotatable bonds is 3. The minimum absolute atomic E-state index is 0.401. The quantitative estimate of drug-likeness (QED) is 0.708. The predicted octanol–water partition coefficient (Wildman–Crippen LogP) is 3.20. The predicted molar refractivity (Wildman–Crippen MR) is 58.9 cm³/mol. The molecule has 0 aromatic carbocycles. The van der Waals surface area contributed by atoms with Gasteiger partial charge in [0.1, 0.15) is 0 Å². The van der Waals surface area contributed by atoms with Crippen LogP contribution in [0.4, 0.5) is 0 Å². The second kappa shape index (κ2) is 4.45. The van der Waals surface area contributed by atoms with Crippen LogP contribution in [0.25, 0.3) is 0 Å². The van der Waals surface area contributed by atoms with Crippen molar-refractivity contribution in [1.82, 2.24) is 5.32 Å². The van der Waals surface area contributed by atoms with Crippen LogP contribution in [0.5, 0.6) is 0 Å². The van der Waals surface area contributed by atoms with Gasteiger partial charge in [0.15, 0.2) is 0 Å². The fraction of sp³-hybridized carbons (Fsp3) is 1.00. The number of hydrogen-bond acceptors (Lipinski definition) is 1. The highest BCUT2D eigenvalue weighted by Crippen LogP contribution is 2.25. The van der Waals surface area contributed by atoms with Gasteiger partial charge in [-0.3, -0.25) is 0 Å². The van der Waals surface area contributed by atoms with Crippen LogP contribution in [0.1, 0.15) is 53.4 Å². The molecule has 1 nitrogen and oxygen atoms in total. The monoisotopic (exact) mass is 183 g/mol. The van der Waals surface area contributed by atoms with Crippen LogP contribution < -0.4 is 5.32 Å². The Morgan fingerprint density at radius 3 is 2.23 bits per heavy atom. The van der Waals surface area contributed by atoms with Crippen LogP contribution in [0.2, 0.25) is 0 Å². The molecule has 0 aliphatic heterocycles. The molecule has 1 N–H and O–H groups in total. The van der Waals surface area contributed by atoms with Gasteiger partial charge in [0.05, 0.1) is 0 Å². The third-order valence-electron chi connectivity index (χ3n) is 3.49. The van der Waals surface area contributed by atoms with Crippen molar-refractivity contribution in [3.05, 3.63) is 0 Å². The van der Waals surface area contributed by atoms with Crippen molar-refractivity contribution in [1.29, 1.82) is 0 Å². The molecule has 0 aromatic rings. The lowest BCUT2D eigenvalue weighted by Gasteiger charge is -2.29. The molecule has 13 heavy (non-hydrogen) atoms. The van der Waals surface area contributed by atoms with Crippen molar-refractivity contribution in [3.63, 3.8) is 0 Å². The third kappa shape index (κ3) is 3.68. The summed E-state index contributed by atoms with van der Waals surface area (Å²) in [6, 6.07) is 0.632. The van der Waals surface area contributed by atoms with Gasteiger partial charge < -0.3 is 5.32 Å². The summed E-state index contributed by atoms with van der Waals surface area (Å²) < 4.78 is 0. The highest BCUT2D eigenvalue weighted by molar-refractivity contribution is 4.78. The second-order valence-electron chi connectivity index (χ2n) is 5.65. The van der Waals surface area contributed by atoms with Crippen LogP contribution in [0.15, 0.2) is 0 Å². The van der Waals surface area contributed by atoms with Gasteiger partial charge in [0, 0.05) is 6.04 Å². The molecule has 1 aliphatic carbocycles. The fourth-order valence-corrected chi connectivity index (χ4v) is 1.86. The van der Waals surface area contributed by atoms with Gasteiger partial charge in [-0.15, -0.1) is 0 Å². The molecule has 0 heterocycles. The largest absolute Gasteiger partial charge is 0.313 e. The van der Waals surface area contributed by atoms with E-state index in [2.05, 4.69) is 33.0 Å². The molecule has 0 spiro atoms. The zero-order valence-electron chi connectivity index (χ0n) is 9.69. The average molecular weight is 183 g/mol. The Morgan fingerprint density at radius 2 is 1.77 bits per heavy atom. The summed E-state index contributed by atoms with van der Waals surface area (Å²) >= 11 is 0. The molecule has 1 unspecified atom stereocenters. The molecule has 78 valence electrons. The van der Waals surface area contributed by atoms with Crippen LogP contribution >= 0.6 is 0 Å². The first-order valence-corrected chi connectivity index (χ1v) is 5.73. The van der Waals surface area contributed by atoms with Crippen LogP contribution in [-0.4, -0.2) is 12.6 Å². The van der Waals surface area contributed by atoms with E-state index in [4.69, 9.17) is 0 Å². The highest BCUT2D eigenvalue weighted by atomic mass is 14.9. The Bertz CT molecular complexity index is 140. The van der Waals surface area contributed by atoms with Crippen molar-refractivity contribution in [2.75, 3.05) is 6.54 Å². The molecule has 1 saturated carbocycles. The van der Waals surface area contributed by atoms with E-state index in [1.807, 2.05) is 0 Å². The van der Waals surface area contributed by atoms with Gasteiger partial charge in [-0.05, 0) is 37.6 Å². The van der Waals surface area contributed by atoms with Gasteiger partial charge in [-0.1, -0.05) is 33.6 Å². The lowest BCUT2D eigenvalue weighted by Crippen LogP contribution is -2.39. The van der Waals surface area contributed by atoms with E-state index in [0.29, 0.717) is 11.5 Å². The topological polar surface area (TPSA) is 12.0 Å². The van der Waals surface area contributed by atoms with Gasteiger partial charge in [-0.25, -0.2) is 0 Å². The molecular weight excluding hydrogens is 158 g/mol. The summed E-state index contributed by atoms with van der Waals surface area (Å²) in [5.41, 5.74) is 0.401. The minimum atomic E-state index is 0.401. The zero-order chi connectivity index (χ0) is 9.90. The standard InChI is InChI=1S/C12H25N/c1-10(12(2,3)4)13-9-11-7-5-6-8-11/h10-11,13H,5-9H2,1-4H3. The van der Waals surface area contributed by atoms with Crippen molar-refractivity contribution < 1.29 is 0 Å². The Morgan fingerprint density at radius 1 is 1.23 bits per heavy atom. The molecule has 0 bridgehead atoms. The maximum atomic E-state index is 3.66. The van der Waals surface area contributed by atoms with E-state index in [9.17, 15) is 0 Å². The van der Waals surface area contributed by atoms with Gasteiger partial charge in [0.2, 0.25) is 0 Å². The molecular formula is C12H25N. The maximum absolute atomic E-state index is 3.66. The maximum Gasteiger partial charge on any atom is 0.00873 e. The normalized spacial score (nSPS) is 22.2. The molecule has 1 rings (SSSR count). The van der Waals surface area contributed by atoms with Gasteiger partial charge in [0.25, 0.3) is 0 Å². The zero-order valence-corrected chi connectivity index (χ0v) is 9.69. The van der Waals surface area contributed by atoms with Crippen molar-refractivity contribution in [2.24, 2.45) is 11.3 Å². The molecule has 1 atom stereocenters. The Kier molecular flexibility index (Phi) is 3.78. The molecule has 0 saturated heterocycles. The van der Waals surface area contributed by atoms with E-state index in [1.54, 1.807) is 0 Å². The third-order valence-corrected chi connectivity index (χ3v) is 3.49. The fourth-order valence-electron chi connectivity index (χ4n) is 1.86. The Balaban J connectivity index is 2.17. The number of hydrogen-bond donors (Lipinski definition) is 1. The molecule has 0 aromatic heterocycles. The van der Waals surface area contributed by atoms with Crippen LogP contribution in [0.3, 0.4) is 0 Å². The molecule has 1 heteroatoms. The van der Waals surface area contributed by atoms with Crippen molar-refractivity contribution >= 4 is 0 Å². The van der Waals surface area contributed by atoms with Gasteiger partial charge >= 0.3 is 0 Å². The first-order chi connectivity index (χ1) is 6.00.